The first-order chi connectivity index (χ1) is 10.0. The number of halogens is 1. The number of aryl methyl sites for hydroxylation is 1. The maximum atomic E-state index is 12.3. The highest BCUT2D eigenvalue weighted by molar-refractivity contribution is 6.31. The van der Waals surface area contributed by atoms with Crippen LogP contribution in [0.2, 0.25) is 5.02 Å². The topological polar surface area (TPSA) is 62.5 Å². The lowest BCUT2D eigenvalue weighted by Crippen LogP contribution is -2.11. The molecule has 4 nitrogen and oxygen atoms in total. The van der Waals surface area contributed by atoms with E-state index in [1.807, 2.05) is 0 Å². The van der Waals surface area contributed by atoms with Crippen molar-refractivity contribution < 1.29 is 14.3 Å². The number of rotatable bonds is 2. The second kappa shape index (κ2) is 5.14. The summed E-state index contributed by atoms with van der Waals surface area (Å²) in [6.07, 6.45) is 0. The third-order valence-corrected chi connectivity index (χ3v) is 3.44. The van der Waals surface area contributed by atoms with Crippen molar-refractivity contribution in [2.45, 2.75) is 6.92 Å². The summed E-state index contributed by atoms with van der Waals surface area (Å²) in [5.74, 6) is -0.0538. The molecular formula is C16H12ClNO3. The first-order valence-corrected chi connectivity index (χ1v) is 6.71. The fraction of sp³-hybridized carbons (Fsp3) is 0.0625. The molecule has 0 fully saturated rings. The van der Waals surface area contributed by atoms with Crippen molar-refractivity contribution in [1.29, 1.82) is 0 Å². The van der Waals surface area contributed by atoms with E-state index >= 15 is 0 Å². The molecule has 0 atom stereocenters. The summed E-state index contributed by atoms with van der Waals surface area (Å²) in [5, 5.41) is 13.5. The molecule has 106 valence electrons. The van der Waals surface area contributed by atoms with Gasteiger partial charge in [0.25, 0.3) is 5.91 Å². The Kier molecular flexibility index (Phi) is 3.31. The van der Waals surface area contributed by atoms with Gasteiger partial charge in [-0.2, -0.15) is 0 Å². The van der Waals surface area contributed by atoms with Gasteiger partial charge in [-0.05, 0) is 37.3 Å². The number of benzene rings is 2. The molecule has 3 aromatic rings. The lowest BCUT2D eigenvalue weighted by atomic mass is 10.1. The van der Waals surface area contributed by atoms with Crippen LogP contribution in [0.15, 0.2) is 46.9 Å². The quantitative estimate of drug-likeness (QED) is 0.739. The summed E-state index contributed by atoms with van der Waals surface area (Å²) in [6.45, 7) is 1.81. The monoisotopic (exact) mass is 301 g/mol. The number of phenolic OH excluding ortho intramolecular Hbond substituents is 1. The summed E-state index contributed by atoms with van der Waals surface area (Å²) in [7, 11) is 0. The second-order valence-corrected chi connectivity index (χ2v) is 5.14. The number of aromatic hydroxyl groups is 1. The van der Waals surface area contributed by atoms with Gasteiger partial charge in [-0.3, -0.25) is 4.79 Å². The van der Waals surface area contributed by atoms with E-state index in [1.165, 1.54) is 12.1 Å². The van der Waals surface area contributed by atoms with Crippen LogP contribution in [0, 0.1) is 6.92 Å². The van der Waals surface area contributed by atoms with E-state index in [0.717, 1.165) is 10.9 Å². The number of carbonyl (C=O) groups excluding carboxylic acids is 1. The molecule has 0 saturated heterocycles. The standard InChI is InChI=1S/C16H12ClNO3/c1-9-13-7-10(17)5-6-14(13)21-15(9)16(20)18-11-3-2-4-12(19)8-11/h2-8,19H,1H3,(H,18,20). The van der Waals surface area contributed by atoms with E-state index in [4.69, 9.17) is 16.0 Å². The van der Waals surface area contributed by atoms with Crippen LogP contribution in [-0.4, -0.2) is 11.0 Å². The van der Waals surface area contributed by atoms with Crippen molar-refractivity contribution in [2.75, 3.05) is 5.32 Å². The van der Waals surface area contributed by atoms with Crippen molar-refractivity contribution in [3.05, 3.63) is 58.8 Å². The summed E-state index contributed by atoms with van der Waals surface area (Å²) in [4.78, 5) is 12.3. The van der Waals surface area contributed by atoms with Gasteiger partial charge < -0.3 is 14.8 Å². The SMILES string of the molecule is Cc1c(C(=O)Nc2cccc(O)c2)oc2ccc(Cl)cc12. The number of anilines is 1. The van der Waals surface area contributed by atoms with Crippen molar-refractivity contribution >= 4 is 34.2 Å². The van der Waals surface area contributed by atoms with Gasteiger partial charge in [-0.25, -0.2) is 0 Å². The molecule has 0 aliphatic carbocycles. The minimum Gasteiger partial charge on any atom is -0.508 e. The summed E-state index contributed by atoms with van der Waals surface area (Å²) in [6, 6.07) is 11.5. The number of carbonyl (C=O) groups is 1. The molecule has 0 bridgehead atoms. The van der Waals surface area contributed by atoms with Gasteiger partial charge >= 0.3 is 0 Å². The van der Waals surface area contributed by atoms with Crippen LogP contribution in [0.1, 0.15) is 16.1 Å². The Hall–Kier alpha value is -2.46. The number of phenols is 1. The third kappa shape index (κ3) is 2.58. The van der Waals surface area contributed by atoms with Gasteiger partial charge in [0.1, 0.15) is 11.3 Å². The van der Waals surface area contributed by atoms with Gasteiger partial charge in [-0.1, -0.05) is 17.7 Å². The van der Waals surface area contributed by atoms with E-state index in [0.29, 0.717) is 16.3 Å². The molecule has 1 amide bonds. The second-order valence-electron chi connectivity index (χ2n) is 4.70. The number of hydrogen-bond acceptors (Lipinski definition) is 3. The molecule has 0 radical (unpaired) electrons. The predicted octanol–water partition coefficient (Wildman–Crippen LogP) is 4.35. The average Bonchev–Trinajstić information content (AvgIpc) is 2.76. The lowest BCUT2D eigenvalue weighted by Gasteiger charge is -2.04. The fourth-order valence-electron chi connectivity index (χ4n) is 2.18. The molecule has 0 spiro atoms. The van der Waals surface area contributed by atoms with Crippen LogP contribution >= 0.6 is 11.6 Å². The predicted molar refractivity (Wildman–Crippen MR) is 82.0 cm³/mol. The molecule has 0 unspecified atom stereocenters. The highest BCUT2D eigenvalue weighted by Crippen LogP contribution is 2.28. The van der Waals surface area contributed by atoms with Crippen molar-refractivity contribution in [3.8, 4) is 5.75 Å². The summed E-state index contributed by atoms with van der Waals surface area (Å²) >= 11 is 5.96. The Morgan fingerprint density at radius 1 is 1.24 bits per heavy atom. The molecule has 5 heteroatoms. The van der Waals surface area contributed by atoms with Gasteiger partial charge in [0.2, 0.25) is 0 Å². The molecule has 2 N–H and O–H groups in total. The van der Waals surface area contributed by atoms with Crippen LogP contribution in [0.25, 0.3) is 11.0 Å². The van der Waals surface area contributed by atoms with E-state index in [1.54, 1.807) is 37.3 Å². The van der Waals surface area contributed by atoms with Gasteiger partial charge in [0.05, 0.1) is 0 Å². The summed E-state index contributed by atoms with van der Waals surface area (Å²) < 4.78 is 5.58. The number of fused-ring (bicyclic) bond motifs is 1. The van der Waals surface area contributed by atoms with Gasteiger partial charge in [-0.15, -0.1) is 0 Å². The molecule has 3 rings (SSSR count). The number of amides is 1. The van der Waals surface area contributed by atoms with Crippen LogP contribution in [0.5, 0.6) is 5.75 Å². The average molecular weight is 302 g/mol. The van der Waals surface area contributed by atoms with Crippen molar-refractivity contribution in [3.63, 3.8) is 0 Å². The zero-order valence-corrected chi connectivity index (χ0v) is 11.9. The Labute approximate surface area is 126 Å². The smallest absolute Gasteiger partial charge is 0.291 e. The summed E-state index contributed by atoms with van der Waals surface area (Å²) in [5.41, 5.74) is 1.83. The molecule has 2 aromatic carbocycles. The number of nitrogens with one attached hydrogen (secondary N) is 1. The molecule has 1 heterocycles. The minimum absolute atomic E-state index is 0.0842. The molecule has 21 heavy (non-hydrogen) atoms. The van der Waals surface area contributed by atoms with Crippen molar-refractivity contribution in [1.82, 2.24) is 0 Å². The van der Waals surface area contributed by atoms with E-state index < -0.39 is 0 Å². The highest BCUT2D eigenvalue weighted by Gasteiger charge is 2.18. The number of furan rings is 1. The largest absolute Gasteiger partial charge is 0.508 e. The lowest BCUT2D eigenvalue weighted by molar-refractivity contribution is 0.0998. The molecule has 0 saturated carbocycles. The zero-order valence-electron chi connectivity index (χ0n) is 11.2. The molecule has 0 aliphatic heterocycles. The highest BCUT2D eigenvalue weighted by atomic mass is 35.5. The molecule has 0 aliphatic rings. The van der Waals surface area contributed by atoms with E-state index in [9.17, 15) is 9.90 Å². The maximum Gasteiger partial charge on any atom is 0.291 e. The van der Waals surface area contributed by atoms with Gasteiger partial charge in [0, 0.05) is 27.7 Å². The van der Waals surface area contributed by atoms with Gasteiger partial charge in [0.15, 0.2) is 5.76 Å². The van der Waals surface area contributed by atoms with E-state index in [2.05, 4.69) is 5.32 Å². The molecule has 1 aromatic heterocycles. The number of hydrogen-bond donors (Lipinski definition) is 2. The zero-order chi connectivity index (χ0) is 15.0. The van der Waals surface area contributed by atoms with Crippen LogP contribution in [0.3, 0.4) is 0 Å². The maximum absolute atomic E-state index is 12.3. The van der Waals surface area contributed by atoms with Crippen LogP contribution < -0.4 is 5.32 Å². The first kappa shape index (κ1) is 13.5. The Morgan fingerprint density at radius 3 is 2.81 bits per heavy atom. The fourth-order valence-corrected chi connectivity index (χ4v) is 2.35. The Balaban J connectivity index is 1.96. The molecular weight excluding hydrogens is 290 g/mol. The Morgan fingerprint density at radius 2 is 2.05 bits per heavy atom. The van der Waals surface area contributed by atoms with Crippen LogP contribution in [-0.2, 0) is 0 Å². The Bertz CT molecular complexity index is 839. The van der Waals surface area contributed by atoms with Crippen molar-refractivity contribution in [2.24, 2.45) is 0 Å². The third-order valence-electron chi connectivity index (χ3n) is 3.21. The normalized spacial score (nSPS) is 10.8. The first-order valence-electron chi connectivity index (χ1n) is 6.33. The van der Waals surface area contributed by atoms with E-state index in [-0.39, 0.29) is 17.4 Å². The van der Waals surface area contributed by atoms with Crippen LogP contribution in [0.4, 0.5) is 5.69 Å². The minimum atomic E-state index is -0.370.